The zero-order valence-electron chi connectivity index (χ0n) is 12.4. The van der Waals surface area contributed by atoms with Crippen molar-refractivity contribution in [1.82, 2.24) is 0 Å². The van der Waals surface area contributed by atoms with Crippen LogP contribution in [0.4, 0.5) is 0 Å². The largest absolute Gasteiger partial charge is 0.497 e. The molecular weight excluding hydrogens is 248 g/mol. The third-order valence-corrected chi connectivity index (χ3v) is 3.59. The topological polar surface area (TPSA) is 29.5 Å². The lowest BCUT2D eigenvalue weighted by atomic mass is 9.97. The van der Waals surface area contributed by atoms with Gasteiger partial charge < -0.3 is 9.84 Å². The van der Waals surface area contributed by atoms with Crippen LogP contribution in [0.5, 0.6) is 5.75 Å². The van der Waals surface area contributed by atoms with E-state index in [-0.39, 0.29) is 6.10 Å². The van der Waals surface area contributed by atoms with Crippen molar-refractivity contribution in [2.75, 3.05) is 7.11 Å². The molecule has 0 bridgehead atoms. The third-order valence-electron chi connectivity index (χ3n) is 3.59. The van der Waals surface area contributed by atoms with Crippen molar-refractivity contribution in [2.24, 2.45) is 0 Å². The van der Waals surface area contributed by atoms with Gasteiger partial charge in [0, 0.05) is 0 Å². The molecule has 0 heterocycles. The highest BCUT2D eigenvalue weighted by Gasteiger charge is 2.09. The third kappa shape index (κ3) is 3.84. The molecule has 0 saturated carbocycles. The van der Waals surface area contributed by atoms with Crippen molar-refractivity contribution in [1.29, 1.82) is 0 Å². The van der Waals surface area contributed by atoms with Crippen molar-refractivity contribution in [3.63, 3.8) is 0 Å². The molecule has 20 heavy (non-hydrogen) atoms. The number of hydrogen-bond donors (Lipinski definition) is 1. The first-order chi connectivity index (χ1) is 9.58. The van der Waals surface area contributed by atoms with E-state index in [0.717, 1.165) is 11.3 Å². The Labute approximate surface area is 121 Å². The first kappa shape index (κ1) is 14.6. The number of methoxy groups -OCH3 is 1. The summed E-state index contributed by atoms with van der Waals surface area (Å²) in [6.07, 6.45) is 1.00. The van der Waals surface area contributed by atoms with Gasteiger partial charge in [-0.2, -0.15) is 0 Å². The molecule has 2 aromatic rings. The zero-order chi connectivity index (χ0) is 14.5. The highest BCUT2D eigenvalue weighted by atomic mass is 16.5. The maximum Gasteiger partial charge on any atom is 0.118 e. The van der Waals surface area contributed by atoms with Gasteiger partial charge in [-0.1, -0.05) is 35.9 Å². The normalized spacial score (nSPS) is 12.2. The molecule has 0 aromatic heterocycles. The summed E-state index contributed by atoms with van der Waals surface area (Å²) in [5, 5.41) is 10.3. The predicted octanol–water partition coefficient (Wildman–Crippen LogP) is 3.46. The number of aryl methyl sites for hydroxylation is 2. The summed E-state index contributed by atoms with van der Waals surface area (Å²) >= 11 is 0. The predicted molar refractivity (Wildman–Crippen MR) is 82.3 cm³/mol. The van der Waals surface area contributed by atoms with Crippen LogP contribution in [0.3, 0.4) is 0 Å². The van der Waals surface area contributed by atoms with Crippen LogP contribution in [0.15, 0.2) is 42.5 Å². The highest BCUT2D eigenvalue weighted by Crippen LogP contribution is 2.16. The summed E-state index contributed by atoms with van der Waals surface area (Å²) in [6, 6.07) is 14.3. The van der Waals surface area contributed by atoms with Crippen LogP contribution in [-0.2, 0) is 12.8 Å². The van der Waals surface area contributed by atoms with E-state index in [1.165, 1.54) is 16.7 Å². The Morgan fingerprint density at radius 1 is 1.00 bits per heavy atom. The number of rotatable bonds is 5. The quantitative estimate of drug-likeness (QED) is 0.901. The van der Waals surface area contributed by atoms with Gasteiger partial charge in [0.1, 0.15) is 5.75 Å². The van der Waals surface area contributed by atoms with E-state index in [2.05, 4.69) is 32.0 Å². The van der Waals surface area contributed by atoms with Gasteiger partial charge in [0.25, 0.3) is 0 Å². The molecule has 0 aliphatic heterocycles. The molecule has 0 saturated heterocycles. The maximum absolute atomic E-state index is 10.3. The van der Waals surface area contributed by atoms with Gasteiger partial charge in [-0.3, -0.25) is 0 Å². The van der Waals surface area contributed by atoms with Crippen molar-refractivity contribution in [2.45, 2.75) is 32.8 Å². The first-order valence-electron chi connectivity index (χ1n) is 6.95. The number of aliphatic hydroxyl groups excluding tert-OH is 1. The van der Waals surface area contributed by atoms with Gasteiger partial charge >= 0.3 is 0 Å². The van der Waals surface area contributed by atoms with Gasteiger partial charge in [0.15, 0.2) is 0 Å². The Morgan fingerprint density at radius 2 is 1.70 bits per heavy atom. The standard InChI is InChI=1S/C18H22O2/c1-13-4-5-14(2)16(10-13)12-17(19)11-15-6-8-18(20-3)9-7-15/h4-10,17,19H,11-12H2,1-3H3. The molecule has 0 aliphatic rings. The first-order valence-corrected chi connectivity index (χ1v) is 6.95. The summed E-state index contributed by atoms with van der Waals surface area (Å²) in [7, 11) is 1.66. The lowest BCUT2D eigenvalue weighted by Gasteiger charge is -2.13. The number of ether oxygens (including phenoxy) is 1. The van der Waals surface area contributed by atoms with Crippen LogP contribution >= 0.6 is 0 Å². The van der Waals surface area contributed by atoms with E-state index in [9.17, 15) is 5.11 Å². The molecule has 0 radical (unpaired) electrons. The van der Waals surface area contributed by atoms with E-state index in [1.807, 2.05) is 24.3 Å². The second-order valence-electron chi connectivity index (χ2n) is 5.34. The molecule has 2 aromatic carbocycles. The second kappa shape index (κ2) is 6.58. The van der Waals surface area contributed by atoms with Crippen LogP contribution in [-0.4, -0.2) is 18.3 Å². The highest BCUT2D eigenvalue weighted by molar-refractivity contribution is 5.32. The Morgan fingerprint density at radius 3 is 2.35 bits per heavy atom. The summed E-state index contributed by atoms with van der Waals surface area (Å²) in [4.78, 5) is 0. The van der Waals surface area contributed by atoms with E-state index < -0.39 is 0 Å². The molecule has 0 aliphatic carbocycles. The van der Waals surface area contributed by atoms with Gasteiger partial charge in [-0.15, -0.1) is 0 Å². The van der Waals surface area contributed by atoms with Gasteiger partial charge in [-0.25, -0.2) is 0 Å². The van der Waals surface area contributed by atoms with Crippen LogP contribution in [0.2, 0.25) is 0 Å². The van der Waals surface area contributed by atoms with Crippen LogP contribution in [0.25, 0.3) is 0 Å². The van der Waals surface area contributed by atoms with Crippen LogP contribution in [0.1, 0.15) is 22.3 Å². The second-order valence-corrected chi connectivity index (χ2v) is 5.34. The molecule has 0 spiro atoms. The molecular formula is C18H22O2. The van der Waals surface area contributed by atoms with Crippen LogP contribution in [0, 0.1) is 13.8 Å². The van der Waals surface area contributed by atoms with E-state index >= 15 is 0 Å². The molecule has 0 fully saturated rings. The molecule has 1 atom stereocenters. The molecule has 2 heteroatoms. The number of aliphatic hydroxyl groups is 1. The minimum absolute atomic E-state index is 0.358. The lowest BCUT2D eigenvalue weighted by molar-refractivity contribution is 0.175. The monoisotopic (exact) mass is 270 g/mol. The summed E-state index contributed by atoms with van der Waals surface area (Å²) in [5.41, 5.74) is 4.83. The molecule has 106 valence electrons. The van der Waals surface area contributed by atoms with E-state index in [4.69, 9.17) is 4.74 Å². The van der Waals surface area contributed by atoms with Gasteiger partial charge in [0.2, 0.25) is 0 Å². The molecule has 1 N–H and O–H groups in total. The van der Waals surface area contributed by atoms with E-state index in [1.54, 1.807) is 7.11 Å². The van der Waals surface area contributed by atoms with Crippen molar-refractivity contribution in [3.8, 4) is 5.75 Å². The zero-order valence-corrected chi connectivity index (χ0v) is 12.4. The Bertz CT molecular complexity index is 558. The van der Waals surface area contributed by atoms with Crippen molar-refractivity contribution < 1.29 is 9.84 Å². The summed E-state index contributed by atoms with van der Waals surface area (Å²) in [5.74, 6) is 0.845. The summed E-state index contributed by atoms with van der Waals surface area (Å²) in [6.45, 7) is 4.17. The Balaban J connectivity index is 2.00. The lowest BCUT2D eigenvalue weighted by Crippen LogP contribution is -2.14. The van der Waals surface area contributed by atoms with E-state index in [0.29, 0.717) is 12.8 Å². The number of benzene rings is 2. The fourth-order valence-electron chi connectivity index (χ4n) is 2.38. The maximum atomic E-state index is 10.3. The van der Waals surface area contributed by atoms with Crippen molar-refractivity contribution in [3.05, 3.63) is 64.7 Å². The fourth-order valence-corrected chi connectivity index (χ4v) is 2.38. The molecule has 2 rings (SSSR count). The average Bonchev–Trinajstić information content (AvgIpc) is 2.43. The smallest absolute Gasteiger partial charge is 0.118 e. The van der Waals surface area contributed by atoms with Crippen molar-refractivity contribution >= 4 is 0 Å². The average molecular weight is 270 g/mol. The Hall–Kier alpha value is -1.80. The minimum Gasteiger partial charge on any atom is -0.497 e. The SMILES string of the molecule is COc1ccc(CC(O)Cc2cc(C)ccc2C)cc1. The fraction of sp³-hybridized carbons (Fsp3) is 0.333. The molecule has 2 nitrogen and oxygen atoms in total. The van der Waals surface area contributed by atoms with Crippen LogP contribution < -0.4 is 4.74 Å². The molecule has 0 amide bonds. The Kier molecular flexibility index (Phi) is 4.80. The van der Waals surface area contributed by atoms with Gasteiger partial charge in [-0.05, 0) is 55.5 Å². The minimum atomic E-state index is -0.358. The summed E-state index contributed by atoms with van der Waals surface area (Å²) < 4.78 is 5.14. The number of hydrogen-bond acceptors (Lipinski definition) is 2. The van der Waals surface area contributed by atoms with Gasteiger partial charge in [0.05, 0.1) is 13.2 Å². The molecule has 1 unspecified atom stereocenters.